The Balaban J connectivity index is 2.14. The topological polar surface area (TPSA) is 62.7 Å². The van der Waals surface area contributed by atoms with E-state index in [1.165, 1.54) is 12.0 Å². The van der Waals surface area contributed by atoms with Gasteiger partial charge in [-0.2, -0.15) is 0 Å². The van der Waals surface area contributed by atoms with Crippen LogP contribution in [-0.4, -0.2) is 54.3 Å². The van der Waals surface area contributed by atoms with Crippen molar-refractivity contribution in [2.24, 2.45) is 0 Å². The lowest BCUT2D eigenvalue weighted by atomic mass is 10.1. The molecule has 5 nitrogen and oxygen atoms in total. The highest BCUT2D eigenvalue weighted by molar-refractivity contribution is 5.97. The molecule has 2 aromatic rings. The van der Waals surface area contributed by atoms with Crippen molar-refractivity contribution in [2.45, 2.75) is 6.10 Å². The highest BCUT2D eigenvalue weighted by Crippen LogP contribution is 2.14. The first-order valence-corrected chi connectivity index (χ1v) is 6.39. The quantitative estimate of drug-likeness (QED) is 0.893. The van der Waals surface area contributed by atoms with Gasteiger partial charge in [0.15, 0.2) is 0 Å². The van der Waals surface area contributed by atoms with E-state index in [9.17, 15) is 9.90 Å². The summed E-state index contributed by atoms with van der Waals surface area (Å²) in [6.45, 7) is 0.441. The first kappa shape index (κ1) is 14.4. The van der Waals surface area contributed by atoms with E-state index in [4.69, 9.17) is 4.74 Å². The molecule has 5 heteroatoms. The van der Waals surface area contributed by atoms with Gasteiger partial charge in [0.05, 0.1) is 18.2 Å². The van der Waals surface area contributed by atoms with Crippen molar-refractivity contribution in [3.05, 3.63) is 42.1 Å². The zero-order chi connectivity index (χ0) is 14.5. The van der Waals surface area contributed by atoms with Gasteiger partial charge in [0.25, 0.3) is 5.91 Å². The van der Waals surface area contributed by atoms with Gasteiger partial charge in [-0.1, -0.05) is 6.07 Å². The van der Waals surface area contributed by atoms with Gasteiger partial charge >= 0.3 is 0 Å². The lowest BCUT2D eigenvalue weighted by Gasteiger charge is -2.20. The van der Waals surface area contributed by atoms with Crippen molar-refractivity contribution in [3.63, 3.8) is 0 Å². The molecule has 0 saturated carbocycles. The molecule has 1 aromatic carbocycles. The maximum atomic E-state index is 12.3. The van der Waals surface area contributed by atoms with Crippen molar-refractivity contribution in [1.82, 2.24) is 9.88 Å². The van der Waals surface area contributed by atoms with Gasteiger partial charge < -0.3 is 14.7 Å². The van der Waals surface area contributed by atoms with E-state index in [1.807, 2.05) is 24.3 Å². The average Bonchev–Trinajstić information content (AvgIpc) is 2.46. The number of pyridine rings is 1. The number of nitrogens with zero attached hydrogens (tertiary/aromatic N) is 2. The second-order valence-electron chi connectivity index (χ2n) is 4.71. The second-order valence-corrected chi connectivity index (χ2v) is 4.71. The molecule has 1 N–H and O–H groups in total. The molecule has 0 fully saturated rings. The minimum absolute atomic E-state index is 0.133. The number of aromatic nitrogens is 1. The van der Waals surface area contributed by atoms with Crippen LogP contribution in [0.1, 0.15) is 10.4 Å². The number of fused-ring (bicyclic) bond motifs is 1. The lowest BCUT2D eigenvalue weighted by Crippen LogP contribution is -2.36. The Hall–Kier alpha value is -1.98. The summed E-state index contributed by atoms with van der Waals surface area (Å²) in [5, 5.41) is 10.6. The van der Waals surface area contributed by atoms with Crippen LogP contribution in [0.4, 0.5) is 0 Å². The summed E-state index contributed by atoms with van der Waals surface area (Å²) in [5.74, 6) is -0.133. The summed E-state index contributed by atoms with van der Waals surface area (Å²) in [6, 6.07) is 9.13. The molecule has 1 heterocycles. The van der Waals surface area contributed by atoms with E-state index < -0.39 is 6.10 Å². The predicted molar refractivity (Wildman–Crippen MR) is 76.6 cm³/mol. The van der Waals surface area contributed by atoms with Gasteiger partial charge in [0.1, 0.15) is 0 Å². The maximum absolute atomic E-state index is 12.3. The zero-order valence-corrected chi connectivity index (χ0v) is 11.6. The number of likely N-dealkylation sites (N-methyl/N-ethyl adjacent to an activating group) is 1. The maximum Gasteiger partial charge on any atom is 0.253 e. The van der Waals surface area contributed by atoms with Crippen molar-refractivity contribution >= 4 is 16.8 Å². The fourth-order valence-electron chi connectivity index (χ4n) is 2.07. The number of hydrogen-bond donors (Lipinski definition) is 1. The molecule has 1 atom stereocenters. The molecule has 1 unspecified atom stereocenters. The SMILES string of the molecule is COCC(O)CN(C)C(=O)c1ccc2ncccc2c1. The molecule has 0 bridgehead atoms. The number of ether oxygens (including phenoxy) is 1. The number of amides is 1. The predicted octanol–water partition coefficient (Wildman–Crippen LogP) is 1.31. The minimum Gasteiger partial charge on any atom is -0.389 e. The van der Waals surface area contributed by atoms with E-state index in [1.54, 1.807) is 19.3 Å². The second kappa shape index (κ2) is 6.45. The highest BCUT2D eigenvalue weighted by atomic mass is 16.5. The minimum atomic E-state index is -0.684. The van der Waals surface area contributed by atoms with Crippen molar-refractivity contribution in [3.8, 4) is 0 Å². The Morgan fingerprint density at radius 3 is 3.00 bits per heavy atom. The Morgan fingerprint density at radius 2 is 2.25 bits per heavy atom. The van der Waals surface area contributed by atoms with Gasteiger partial charge in [0.2, 0.25) is 0 Å². The molecule has 0 aliphatic carbocycles. The van der Waals surface area contributed by atoms with Gasteiger partial charge in [0, 0.05) is 37.8 Å². The largest absolute Gasteiger partial charge is 0.389 e. The first-order valence-electron chi connectivity index (χ1n) is 6.39. The number of aliphatic hydroxyl groups is 1. The van der Waals surface area contributed by atoms with E-state index in [0.29, 0.717) is 5.56 Å². The third-order valence-electron chi connectivity index (χ3n) is 3.04. The fourth-order valence-corrected chi connectivity index (χ4v) is 2.07. The molecular weight excluding hydrogens is 256 g/mol. The van der Waals surface area contributed by atoms with Crippen LogP contribution in [0.3, 0.4) is 0 Å². The van der Waals surface area contributed by atoms with Crippen molar-refractivity contribution < 1.29 is 14.6 Å². The van der Waals surface area contributed by atoms with E-state index in [-0.39, 0.29) is 19.1 Å². The van der Waals surface area contributed by atoms with Gasteiger partial charge in [-0.15, -0.1) is 0 Å². The van der Waals surface area contributed by atoms with Crippen molar-refractivity contribution in [1.29, 1.82) is 0 Å². The molecule has 0 spiro atoms. The highest BCUT2D eigenvalue weighted by Gasteiger charge is 2.15. The molecule has 0 radical (unpaired) electrons. The number of hydrogen-bond acceptors (Lipinski definition) is 4. The van der Waals surface area contributed by atoms with E-state index in [2.05, 4.69) is 4.98 Å². The normalized spacial score (nSPS) is 12.3. The molecular formula is C15H18N2O3. The fraction of sp³-hybridized carbons (Fsp3) is 0.333. The Bertz CT molecular complexity index is 600. The Kier molecular flexibility index (Phi) is 4.65. The summed E-state index contributed by atoms with van der Waals surface area (Å²) in [7, 11) is 3.18. The summed E-state index contributed by atoms with van der Waals surface area (Å²) >= 11 is 0. The zero-order valence-electron chi connectivity index (χ0n) is 11.6. The van der Waals surface area contributed by atoms with E-state index >= 15 is 0 Å². The average molecular weight is 274 g/mol. The molecule has 1 amide bonds. The van der Waals surface area contributed by atoms with Gasteiger partial charge in [-0.25, -0.2) is 0 Å². The molecule has 0 aliphatic heterocycles. The Morgan fingerprint density at radius 1 is 1.45 bits per heavy atom. The Labute approximate surface area is 117 Å². The number of carbonyl (C=O) groups is 1. The van der Waals surface area contributed by atoms with Crippen LogP contribution in [0.15, 0.2) is 36.5 Å². The number of methoxy groups -OCH3 is 1. The molecule has 20 heavy (non-hydrogen) atoms. The summed E-state index contributed by atoms with van der Waals surface area (Å²) in [5.41, 5.74) is 1.43. The van der Waals surface area contributed by atoms with Crippen LogP contribution in [0.5, 0.6) is 0 Å². The molecule has 0 aliphatic rings. The molecule has 0 saturated heterocycles. The number of rotatable bonds is 5. The van der Waals surface area contributed by atoms with Gasteiger partial charge in [-0.05, 0) is 24.3 Å². The molecule has 1 aromatic heterocycles. The monoisotopic (exact) mass is 274 g/mol. The third-order valence-corrected chi connectivity index (χ3v) is 3.04. The van der Waals surface area contributed by atoms with Gasteiger partial charge in [-0.3, -0.25) is 9.78 Å². The van der Waals surface area contributed by atoms with Crippen LogP contribution < -0.4 is 0 Å². The number of benzene rings is 1. The lowest BCUT2D eigenvalue weighted by molar-refractivity contribution is 0.0380. The third kappa shape index (κ3) is 3.31. The van der Waals surface area contributed by atoms with Crippen LogP contribution in [0.2, 0.25) is 0 Å². The standard InChI is InChI=1S/C15H18N2O3/c1-17(9-13(18)10-20-2)15(19)12-5-6-14-11(8-12)4-3-7-16-14/h3-8,13,18H,9-10H2,1-2H3. The summed E-state index contributed by atoms with van der Waals surface area (Å²) in [4.78, 5) is 18.0. The van der Waals surface area contributed by atoms with Crippen molar-refractivity contribution in [2.75, 3.05) is 27.3 Å². The van der Waals surface area contributed by atoms with Crippen LogP contribution >= 0.6 is 0 Å². The van der Waals surface area contributed by atoms with Crippen LogP contribution in [-0.2, 0) is 4.74 Å². The summed E-state index contributed by atoms with van der Waals surface area (Å²) in [6.07, 6.45) is 1.04. The number of aliphatic hydroxyl groups excluding tert-OH is 1. The number of carbonyl (C=O) groups excluding carboxylic acids is 1. The van der Waals surface area contributed by atoms with Crippen LogP contribution in [0, 0.1) is 0 Å². The summed E-state index contributed by atoms with van der Waals surface area (Å²) < 4.78 is 4.85. The smallest absolute Gasteiger partial charge is 0.253 e. The molecule has 2 rings (SSSR count). The first-order chi connectivity index (χ1) is 9.61. The van der Waals surface area contributed by atoms with Crippen LogP contribution in [0.25, 0.3) is 10.9 Å². The van der Waals surface area contributed by atoms with E-state index in [0.717, 1.165) is 10.9 Å². The molecule has 106 valence electrons.